The highest BCUT2D eigenvalue weighted by molar-refractivity contribution is 5.99. The number of fused-ring (bicyclic) bond motifs is 1. The molecule has 2 heterocycles. The van der Waals surface area contributed by atoms with Crippen molar-refractivity contribution in [1.82, 2.24) is 4.90 Å². The summed E-state index contributed by atoms with van der Waals surface area (Å²) in [5, 5.41) is 13.6. The summed E-state index contributed by atoms with van der Waals surface area (Å²) in [6.45, 7) is 0.997. The van der Waals surface area contributed by atoms with E-state index in [1.165, 1.54) is 0 Å². The highest BCUT2D eigenvalue weighted by Crippen LogP contribution is 2.31. The van der Waals surface area contributed by atoms with Gasteiger partial charge in [0, 0.05) is 25.1 Å². The summed E-state index contributed by atoms with van der Waals surface area (Å²) in [5.41, 5.74) is 1.35. The van der Waals surface area contributed by atoms with Crippen molar-refractivity contribution >= 4 is 17.5 Å². The average Bonchev–Trinajstić information content (AvgIpc) is 2.68. The maximum Gasteiger partial charge on any atom is 0.262 e. The fourth-order valence-corrected chi connectivity index (χ4v) is 3.68. The van der Waals surface area contributed by atoms with Crippen LogP contribution in [0.1, 0.15) is 28.8 Å². The molecule has 0 radical (unpaired) electrons. The minimum atomic E-state index is -0.782. The fourth-order valence-electron chi connectivity index (χ4n) is 3.68. The summed E-state index contributed by atoms with van der Waals surface area (Å²) in [7, 11) is 0. The molecule has 0 saturated carbocycles. The van der Waals surface area contributed by atoms with Crippen molar-refractivity contribution in [3.8, 4) is 5.75 Å². The van der Waals surface area contributed by atoms with Gasteiger partial charge in [0.1, 0.15) is 5.75 Å². The Morgan fingerprint density at radius 1 is 1.15 bits per heavy atom. The van der Waals surface area contributed by atoms with Gasteiger partial charge < -0.3 is 20.1 Å². The van der Waals surface area contributed by atoms with E-state index in [2.05, 4.69) is 5.32 Å². The molecular weight excluding hydrogens is 344 g/mol. The summed E-state index contributed by atoms with van der Waals surface area (Å²) in [4.78, 5) is 26.1. The number of nitrogens with one attached hydrogen (secondary N) is 1. The minimum absolute atomic E-state index is 0.00752. The van der Waals surface area contributed by atoms with Crippen molar-refractivity contribution in [2.45, 2.75) is 24.9 Å². The summed E-state index contributed by atoms with van der Waals surface area (Å²) >= 11 is 0. The van der Waals surface area contributed by atoms with Gasteiger partial charge in [-0.1, -0.05) is 30.3 Å². The van der Waals surface area contributed by atoms with Gasteiger partial charge in [-0.25, -0.2) is 0 Å². The molecule has 1 saturated heterocycles. The summed E-state index contributed by atoms with van der Waals surface area (Å²) in [6, 6.07) is 15.0. The van der Waals surface area contributed by atoms with E-state index in [1.807, 2.05) is 30.3 Å². The molecule has 2 aromatic rings. The molecule has 0 bridgehead atoms. The van der Waals surface area contributed by atoms with Gasteiger partial charge in [0.15, 0.2) is 6.61 Å². The maximum atomic E-state index is 12.8. The first-order valence-corrected chi connectivity index (χ1v) is 9.15. The number of hydrogen-bond acceptors (Lipinski definition) is 4. The number of rotatable bonds is 3. The molecule has 27 heavy (non-hydrogen) atoms. The van der Waals surface area contributed by atoms with Gasteiger partial charge in [-0.05, 0) is 36.6 Å². The predicted molar refractivity (Wildman–Crippen MR) is 101 cm³/mol. The Kier molecular flexibility index (Phi) is 4.58. The van der Waals surface area contributed by atoms with Gasteiger partial charge in [-0.2, -0.15) is 0 Å². The first-order chi connectivity index (χ1) is 13.0. The first-order valence-electron chi connectivity index (χ1n) is 9.15. The fraction of sp³-hybridized carbons (Fsp3) is 0.333. The molecule has 140 valence electrons. The molecule has 0 aromatic heterocycles. The van der Waals surface area contributed by atoms with Crippen molar-refractivity contribution in [3.05, 3.63) is 59.7 Å². The predicted octanol–water partition coefficient (Wildman–Crippen LogP) is 2.23. The molecule has 6 nitrogen and oxygen atoms in total. The molecule has 2 N–H and O–H groups in total. The number of benzene rings is 2. The number of piperidine rings is 1. The second-order valence-corrected chi connectivity index (χ2v) is 7.23. The SMILES string of the molecule is O=C1COc2ccc(C(=O)N3CCC(O)(Cc4ccccc4)CC3)cc2N1. The third kappa shape index (κ3) is 3.80. The van der Waals surface area contributed by atoms with Crippen molar-refractivity contribution in [3.63, 3.8) is 0 Å². The van der Waals surface area contributed by atoms with E-state index in [0.717, 1.165) is 5.56 Å². The Bertz CT molecular complexity index is 858. The zero-order valence-electron chi connectivity index (χ0n) is 15.0. The Labute approximate surface area is 157 Å². The van der Waals surface area contributed by atoms with Crippen molar-refractivity contribution in [2.24, 2.45) is 0 Å². The van der Waals surface area contributed by atoms with Crippen LogP contribution in [0.3, 0.4) is 0 Å². The van der Waals surface area contributed by atoms with E-state index in [0.29, 0.717) is 49.4 Å². The van der Waals surface area contributed by atoms with Crippen molar-refractivity contribution in [1.29, 1.82) is 0 Å². The second kappa shape index (κ2) is 7.04. The van der Waals surface area contributed by atoms with Crippen LogP contribution in [0.15, 0.2) is 48.5 Å². The van der Waals surface area contributed by atoms with Crippen LogP contribution in [0.2, 0.25) is 0 Å². The van der Waals surface area contributed by atoms with E-state index in [-0.39, 0.29) is 18.4 Å². The second-order valence-electron chi connectivity index (χ2n) is 7.23. The highest BCUT2D eigenvalue weighted by atomic mass is 16.5. The molecule has 4 rings (SSSR count). The normalized spacial score (nSPS) is 18.3. The topological polar surface area (TPSA) is 78.9 Å². The van der Waals surface area contributed by atoms with Gasteiger partial charge in [-0.3, -0.25) is 9.59 Å². The molecule has 0 unspecified atom stereocenters. The summed E-state index contributed by atoms with van der Waals surface area (Å²) < 4.78 is 5.33. The number of likely N-dealkylation sites (tertiary alicyclic amines) is 1. The van der Waals surface area contributed by atoms with E-state index < -0.39 is 5.60 Å². The molecule has 6 heteroatoms. The first kappa shape index (κ1) is 17.5. The number of anilines is 1. The smallest absolute Gasteiger partial charge is 0.262 e. The molecule has 1 fully saturated rings. The van der Waals surface area contributed by atoms with E-state index in [4.69, 9.17) is 4.74 Å². The number of carbonyl (C=O) groups excluding carboxylic acids is 2. The molecule has 2 aliphatic rings. The van der Waals surface area contributed by atoms with Gasteiger partial charge in [0.2, 0.25) is 0 Å². The lowest BCUT2D eigenvalue weighted by molar-refractivity contribution is -0.118. The van der Waals surface area contributed by atoms with Crippen LogP contribution in [0.25, 0.3) is 0 Å². The Morgan fingerprint density at radius 3 is 2.63 bits per heavy atom. The molecule has 2 aliphatic heterocycles. The number of ether oxygens (including phenoxy) is 1. The molecule has 0 aliphatic carbocycles. The average molecular weight is 366 g/mol. The lowest BCUT2D eigenvalue weighted by Crippen LogP contribution is -2.47. The van der Waals surface area contributed by atoms with Crippen molar-refractivity contribution < 1.29 is 19.4 Å². The number of hydrogen-bond donors (Lipinski definition) is 2. The minimum Gasteiger partial charge on any atom is -0.482 e. The summed E-state index contributed by atoms with van der Waals surface area (Å²) in [6.07, 6.45) is 1.68. The third-order valence-electron chi connectivity index (χ3n) is 5.22. The quantitative estimate of drug-likeness (QED) is 0.873. The van der Waals surface area contributed by atoms with E-state index in [1.54, 1.807) is 23.1 Å². The zero-order chi connectivity index (χ0) is 18.9. The van der Waals surface area contributed by atoms with E-state index >= 15 is 0 Å². The molecule has 0 atom stereocenters. The van der Waals surface area contributed by atoms with Crippen LogP contribution in [0.4, 0.5) is 5.69 Å². The maximum absolute atomic E-state index is 12.8. The number of aliphatic hydroxyl groups is 1. The number of amides is 2. The van der Waals surface area contributed by atoms with Gasteiger partial charge in [0.25, 0.3) is 11.8 Å². The summed E-state index contributed by atoms with van der Waals surface area (Å²) in [5.74, 6) is 0.248. The van der Waals surface area contributed by atoms with Crippen LogP contribution in [0.5, 0.6) is 5.75 Å². The molecule has 2 aromatic carbocycles. The van der Waals surface area contributed by atoms with Crippen molar-refractivity contribution in [2.75, 3.05) is 25.0 Å². The highest BCUT2D eigenvalue weighted by Gasteiger charge is 2.34. The van der Waals surface area contributed by atoms with Crippen LogP contribution in [-0.4, -0.2) is 47.1 Å². The zero-order valence-corrected chi connectivity index (χ0v) is 15.0. The van der Waals surface area contributed by atoms with Crippen LogP contribution < -0.4 is 10.1 Å². The van der Waals surface area contributed by atoms with Crippen LogP contribution in [-0.2, 0) is 11.2 Å². The van der Waals surface area contributed by atoms with Crippen LogP contribution >= 0.6 is 0 Å². The lowest BCUT2D eigenvalue weighted by atomic mass is 9.85. The Morgan fingerprint density at radius 2 is 1.89 bits per heavy atom. The molecule has 0 spiro atoms. The van der Waals surface area contributed by atoms with Gasteiger partial charge in [0.05, 0.1) is 11.3 Å². The lowest BCUT2D eigenvalue weighted by Gasteiger charge is -2.38. The van der Waals surface area contributed by atoms with Gasteiger partial charge in [-0.15, -0.1) is 0 Å². The third-order valence-corrected chi connectivity index (χ3v) is 5.22. The van der Waals surface area contributed by atoms with Crippen LogP contribution in [0, 0.1) is 0 Å². The van der Waals surface area contributed by atoms with Gasteiger partial charge >= 0.3 is 0 Å². The number of nitrogens with zero attached hydrogens (tertiary/aromatic N) is 1. The van der Waals surface area contributed by atoms with E-state index in [9.17, 15) is 14.7 Å². The number of carbonyl (C=O) groups is 2. The Hall–Kier alpha value is -2.86. The molecular formula is C21H22N2O4. The molecule has 2 amide bonds. The monoisotopic (exact) mass is 366 g/mol. The standard InChI is InChI=1S/C21H22N2O4/c24-19-14-27-18-7-6-16(12-17(18)22-19)20(25)23-10-8-21(26,9-11-23)13-15-4-2-1-3-5-15/h1-7,12,26H,8-11,13-14H2,(H,22,24). The largest absolute Gasteiger partial charge is 0.482 e. The Balaban J connectivity index is 1.41.